The number of amides is 1. The Bertz CT molecular complexity index is 1210. The van der Waals surface area contributed by atoms with E-state index in [0.29, 0.717) is 10.4 Å². The van der Waals surface area contributed by atoms with Crippen molar-refractivity contribution in [3.05, 3.63) is 77.6 Å². The highest BCUT2D eigenvalue weighted by Gasteiger charge is 2.59. The van der Waals surface area contributed by atoms with Gasteiger partial charge in [-0.1, -0.05) is 30.3 Å². The Morgan fingerprint density at radius 2 is 1.65 bits per heavy atom. The molecule has 0 N–H and O–H groups in total. The number of aromatic nitrogens is 1. The van der Waals surface area contributed by atoms with Crippen LogP contribution in [-0.4, -0.2) is 17.7 Å². The Morgan fingerprint density at radius 3 is 2.35 bits per heavy atom. The second-order valence-corrected chi connectivity index (χ2v) is 6.34. The van der Waals surface area contributed by atoms with Crippen LogP contribution in [0.5, 0.6) is 0 Å². The van der Waals surface area contributed by atoms with Crippen molar-refractivity contribution in [3.63, 3.8) is 0 Å². The molecule has 0 bridgehead atoms. The fourth-order valence-electron chi connectivity index (χ4n) is 3.82. The number of hydrogen-bond acceptors (Lipinski definition) is 2. The molecule has 0 saturated carbocycles. The van der Waals surface area contributed by atoms with Crippen LogP contribution >= 0.6 is 0 Å². The summed E-state index contributed by atoms with van der Waals surface area (Å²) in [6.45, 7) is -4.39. The maximum atomic E-state index is 15.2. The van der Waals surface area contributed by atoms with E-state index in [1.807, 2.05) is 30.3 Å². The zero-order valence-electron chi connectivity index (χ0n) is 13.4. The van der Waals surface area contributed by atoms with E-state index in [1.165, 1.54) is 18.3 Å². The van der Waals surface area contributed by atoms with Crippen LogP contribution in [0.4, 0.5) is 8.63 Å². The lowest BCUT2D eigenvalue weighted by Gasteiger charge is -2.35. The number of benzene rings is 2. The van der Waals surface area contributed by atoms with E-state index in [0.717, 1.165) is 15.3 Å². The van der Waals surface area contributed by atoms with Gasteiger partial charge in [0.2, 0.25) is 5.91 Å². The Hall–Kier alpha value is -3.53. The topological polar surface area (TPSA) is 48.0 Å². The van der Waals surface area contributed by atoms with E-state index < -0.39 is 12.9 Å². The minimum atomic E-state index is -4.39. The molecule has 5 rings (SSSR count). The number of nitrogens with zero attached hydrogens (tertiary/aromatic N) is 3. The van der Waals surface area contributed by atoms with Crippen LogP contribution in [0, 0.1) is 11.3 Å². The van der Waals surface area contributed by atoms with Crippen molar-refractivity contribution in [3.8, 4) is 6.07 Å². The van der Waals surface area contributed by atoms with Gasteiger partial charge in [-0.3, -0.25) is 4.79 Å². The first-order valence-corrected chi connectivity index (χ1v) is 8.08. The first-order chi connectivity index (χ1) is 12.5. The Balaban J connectivity index is 1.93. The highest BCUT2D eigenvalue weighted by Crippen LogP contribution is 2.44. The molecule has 26 heavy (non-hydrogen) atoms. The monoisotopic (exact) mass is 345 g/mol. The third-order valence-electron chi connectivity index (χ3n) is 4.97. The molecule has 7 heteroatoms. The quantitative estimate of drug-likeness (QED) is 0.588. The van der Waals surface area contributed by atoms with Gasteiger partial charge in [0.15, 0.2) is 5.69 Å². The molecule has 0 atom stereocenters. The van der Waals surface area contributed by atoms with Gasteiger partial charge in [0.25, 0.3) is 0 Å². The number of fused-ring (bicyclic) bond motifs is 5. The normalized spacial score (nSPS) is 17.0. The highest BCUT2D eigenvalue weighted by molar-refractivity contribution is 6.61. The number of allylic oxidation sites excluding steroid dienone is 1. The fraction of sp³-hybridized carbons (Fsp3) is 0. The van der Waals surface area contributed by atoms with Gasteiger partial charge in [0, 0.05) is 22.9 Å². The standard InChI is InChI=1S/C19H10BF2N3O/c21-20(22)24-8-4-3-7-17(24)16(11-23)18-14-9-12-5-1-2-6-13(12)10-15(14)19(26)25(18)20/h1-10H. The average Bonchev–Trinajstić information content (AvgIpc) is 2.94. The Morgan fingerprint density at radius 1 is 1.00 bits per heavy atom. The average molecular weight is 345 g/mol. The number of carbonyl (C=O) groups is 1. The van der Waals surface area contributed by atoms with Crippen molar-refractivity contribution in [2.75, 3.05) is 0 Å². The molecule has 1 amide bonds. The molecular weight excluding hydrogens is 335 g/mol. The molecule has 0 fully saturated rings. The van der Waals surface area contributed by atoms with E-state index in [2.05, 4.69) is 0 Å². The van der Waals surface area contributed by atoms with Gasteiger partial charge in [-0.2, -0.15) is 5.26 Å². The third-order valence-corrected chi connectivity index (χ3v) is 4.97. The molecule has 0 saturated heterocycles. The van der Waals surface area contributed by atoms with Crippen LogP contribution < -0.4 is 4.48 Å². The van der Waals surface area contributed by atoms with Gasteiger partial charge in [0.05, 0.1) is 0 Å². The second-order valence-electron chi connectivity index (χ2n) is 6.34. The smallest absolute Gasteiger partial charge is 0.389 e. The zero-order chi connectivity index (χ0) is 18.1. The molecule has 3 aromatic rings. The summed E-state index contributed by atoms with van der Waals surface area (Å²) < 4.78 is 31.2. The lowest BCUT2D eigenvalue weighted by atomic mass is 9.85. The molecule has 2 aliphatic heterocycles. The molecule has 2 aliphatic rings. The minimum Gasteiger partial charge on any atom is -0.389 e. The molecule has 4 nitrogen and oxygen atoms in total. The van der Waals surface area contributed by atoms with Crippen molar-refractivity contribution >= 4 is 34.9 Å². The largest absolute Gasteiger partial charge is 0.739 e. The molecule has 124 valence electrons. The molecule has 0 spiro atoms. The molecule has 3 heterocycles. The minimum absolute atomic E-state index is 0.00514. The predicted molar refractivity (Wildman–Crippen MR) is 92.5 cm³/mol. The van der Waals surface area contributed by atoms with Crippen molar-refractivity contribution < 1.29 is 17.9 Å². The van der Waals surface area contributed by atoms with Gasteiger partial charge in [-0.15, -0.1) is 0 Å². The zero-order valence-corrected chi connectivity index (χ0v) is 13.4. The number of nitriles is 1. The van der Waals surface area contributed by atoms with E-state index >= 15 is 8.63 Å². The summed E-state index contributed by atoms with van der Waals surface area (Å²) >= 11 is 0. The lowest BCUT2D eigenvalue weighted by molar-refractivity contribution is -0.576. The SMILES string of the molecule is N#CC1=C2c3cc4ccccc4cc3C(=O)N2[B-](F)(F)[n+]2ccccc21. The molecule has 1 aromatic heterocycles. The summed E-state index contributed by atoms with van der Waals surface area (Å²) in [5.74, 6) is -0.777. The maximum Gasteiger partial charge on any atom is 0.739 e. The van der Waals surface area contributed by atoms with Gasteiger partial charge >= 0.3 is 6.97 Å². The summed E-state index contributed by atoms with van der Waals surface area (Å²) in [6.07, 6.45) is 1.20. The Kier molecular flexibility index (Phi) is 2.71. The van der Waals surface area contributed by atoms with Gasteiger partial charge in [-0.05, 0) is 29.0 Å². The van der Waals surface area contributed by atoms with E-state index in [4.69, 9.17) is 0 Å². The molecule has 0 radical (unpaired) electrons. The van der Waals surface area contributed by atoms with Crippen LogP contribution in [-0.2, 0) is 0 Å². The second kappa shape index (κ2) is 4.76. The summed E-state index contributed by atoms with van der Waals surface area (Å²) in [4.78, 5) is 13.4. The summed E-state index contributed by atoms with van der Waals surface area (Å²) in [5, 5.41) is 11.3. The molecule has 0 aliphatic carbocycles. The predicted octanol–water partition coefficient (Wildman–Crippen LogP) is 3.21. The number of pyridine rings is 1. The van der Waals surface area contributed by atoms with E-state index in [1.54, 1.807) is 18.2 Å². The van der Waals surface area contributed by atoms with Crippen LogP contribution in [0.25, 0.3) is 22.0 Å². The number of halogens is 2. The summed E-state index contributed by atoms with van der Waals surface area (Å²) in [7, 11) is 0. The number of hydrogen-bond donors (Lipinski definition) is 0. The van der Waals surface area contributed by atoms with Gasteiger partial charge in [-0.25, -0.2) is 0 Å². The molecule has 0 unspecified atom stereocenters. The summed E-state index contributed by atoms with van der Waals surface area (Å²) in [6, 6.07) is 17.2. The summed E-state index contributed by atoms with van der Waals surface area (Å²) in [5.41, 5.74) is 0.749. The number of rotatable bonds is 0. The first-order valence-electron chi connectivity index (χ1n) is 8.08. The van der Waals surface area contributed by atoms with Crippen molar-refractivity contribution in [1.82, 2.24) is 4.81 Å². The van der Waals surface area contributed by atoms with Crippen LogP contribution in [0.1, 0.15) is 21.6 Å². The van der Waals surface area contributed by atoms with E-state index in [-0.39, 0.29) is 22.5 Å². The highest BCUT2D eigenvalue weighted by atomic mass is 19.2. The number of carbonyl (C=O) groups excluding carboxylic acids is 1. The van der Waals surface area contributed by atoms with Crippen LogP contribution in [0.3, 0.4) is 0 Å². The van der Waals surface area contributed by atoms with Gasteiger partial charge < -0.3 is 17.9 Å². The van der Waals surface area contributed by atoms with Crippen LogP contribution in [0.2, 0.25) is 0 Å². The van der Waals surface area contributed by atoms with Crippen molar-refractivity contribution in [2.45, 2.75) is 0 Å². The van der Waals surface area contributed by atoms with Crippen molar-refractivity contribution in [1.29, 1.82) is 5.26 Å². The lowest BCUT2D eigenvalue weighted by Crippen LogP contribution is -2.72. The van der Waals surface area contributed by atoms with Gasteiger partial charge in [0.1, 0.15) is 17.8 Å². The van der Waals surface area contributed by atoms with Crippen LogP contribution in [0.15, 0.2) is 60.8 Å². The maximum absolute atomic E-state index is 15.2. The molecular formula is C19H10BF2N3O. The van der Waals surface area contributed by atoms with E-state index in [9.17, 15) is 10.1 Å². The third kappa shape index (κ3) is 1.66. The Labute approximate surface area is 147 Å². The van der Waals surface area contributed by atoms with Crippen molar-refractivity contribution in [2.24, 2.45) is 0 Å². The fourth-order valence-corrected chi connectivity index (χ4v) is 3.82. The first kappa shape index (κ1) is 14.8. The molecule has 2 aromatic carbocycles.